The van der Waals surface area contributed by atoms with Crippen molar-refractivity contribution in [1.82, 2.24) is 21.3 Å². The van der Waals surface area contributed by atoms with Gasteiger partial charge >= 0.3 is 18.2 Å². The van der Waals surface area contributed by atoms with Crippen LogP contribution in [0.15, 0.2) is 60.7 Å². The van der Waals surface area contributed by atoms with Crippen molar-refractivity contribution < 1.29 is 46.3 Å². The van der Waals surface area contributed by atoms with Crippen molar-refractivity contribution >= 4 is 29.6 Å². The van der Waals surface area contributed by atoms with Gasteiger partial charge in [0.05, 0.1) is 24.8 Å². The molecule has 0 radical (unpaired) electrons. The minimum Gasteiger partial charge on any atom is -0.467 e. The van der Waals surface area contributed by atoms with Crippen LogP contribution < -0.4 is 21.3 Å². The minimum atomic E-state index is -4.65. The van der Waals surface area contributed by atoms with Gasteiger partial charge in [-0.2, -0.15) is 13.2 Å². The highest BCUT2D eigenvalue weighted by Gasteiger charge is 2.33. The number of urea groups is 1. The summed E-state index contributed by atoms with van der Waals surface area (Å²) in [4.78, 5) is 65.1. The van der Waals surface area contributed by atoms with Gasteiger partial charge in [-0.05, 0) is 60.9 Å². The lowest BCUT2D eigenvalue weighted by Gasteiger charge is -2.25. The Bertz CT molecular complexity index is 1510. The maximum absolute atomic E-state index is 13.9. The summed E-state index contributed by atoms with van der Waals surface area (Å²) >= 11 is 0. The van der Waals surface area contributed by atoms with Gasteiger partial charge in [0.2, 0.25) is 11.8 Å². The number of nitrogens with one attached hydrogen (secondary N) is 4. The summed E-state index contributed by atoms with van der Waals surface area (Å²) in [6.45, 7) is 3.65. The molecule has 49 heavy (non-hydrogen) atoms. The van der Waals surface area contributed by atoms with Crippen LogP contribution in [0.3, 0.4) is 0 Å². The van der Waals surface area contributed by atoms with Gasteiger partial charge in [0, 0.05) is 25.0 Å². The number of methoxy groups -OCH3 is 1. The second-order valence-corrected chi connectivity index (χ2v) is 12.3. The monoisotopic (exact) mass is 690 g/mol. The molecule has 4 N–H and O–H groups in total. The standard InChI is InChI=1S/C35H42F4N4O6/c1-21(2)31(33(47)49-3)43-34(48)42-28(19-22-8-6-11-25(16-22)35(37,38)39)29(44)20-24-10-4-5-15-40-30(45)14-13-27(41-32(24)46)18-23-9-7-12-26(36)17-23/h6-9,11-14,16-17,21,24,27-28,31H,4-5,10,15,18-20H2,1-3H3,(H,40,45)(H,41,46)(H2,42,43,48)/b14-13+/t24?,27-,28+,31+/m1/s1. The normalized spacial score (nSPS) is 19.3. The Morgan fingerprint density at radius 3 is 2.39 bits per heavy atom. The van der Waals surface area contributed by atoms with Gasteiger partial charge in [-0.25, -0.2) is 14.0 Å². The smallest absolute Gasteiger partial charge is 0.416 e. The highest BCUT2D eigenvalue weighted by atomic mass is 19.4. The van der Waals surface area contributed by atoms with Gasteiger partial charge < -0.3 is 26.0 Å². The van der Waals surface area contributed by atoms with Crippen LogP contribution in [-0.4, -0.2) is 61.4 Å². The van der Waals surface area contributed by atoms with E-state index in [2.05, 4.69) is 21.3 Å². The van der Waals surface area contributed by atoms with Crippen LogP contribution in [0.2, 0.25) is 0 Å². The van der Waals surface area contributed by atoms with Crippen molar-refractivity contribution in [3.63, 3.8) is 0 Å². The van der Waals surface area contributed by atoms with Gasteiger partial charge in [0.1, 0.15) is 11.9 Å². The Labute approximate surface area is 282 Å². The van der Waals surface area contributed by atoms with Crippen molar-refractivity contribution in [2.24, 2.45) is 11.8 Å². The lowest BCUT2D eigenvalue weighted by molar-refractivity contribution is -0.144. The number of hydrogen-bond acceptors (Lipinski definition) is 6. The molecule has 4 amide bonds. The van der Waals surface area contributed by atoms with Gasteiger partial charge in [-0.1, -0.05) is 56.7 Å². The SMILES string of the molecule is COC(=O)[C@@H](NC(=O)N[C@@H](Cc1cccc(C(F)(F)F)c1)C(=O)CC1CCCCNC(=O)/C=C/[C@H](Cc2cccc(F)c2)NC1=O)C(C)C. The third-order valence-corrected chi connectivity index (χ3v) is 8.05. The second-order valence-electron chi connectivity index (χ2n) is 12.3. The molecule has 0 aromatic heterocycles. The van der Waals surface area contributed by atoms with Gasteiger partial charge in [0.15, 0.2) is 5.78 Å². The number of rotatable bonds is 11. The minimum absolute atomic E-state index is 0.112. The third-order valence-electron chi connectivity index (χ3n) is 8.05. The van der Waals surface area contributed by atoms with Crippen molar-refractivity contribution in [1.29, 1.82) is 0 Å². The van der Waals surface area contributed by atoms with E-state index in [4.69, 9.17) is 4.74 Å². The number of carbonyl (C=O) groups is 5. The Balaban J connectivity index is 1.88. The molecule has 14 heteroatoms. The molecule has 2 aromatic rings. The van der Waals surface area contributed by atoms with E-state index in [-0.39, 0.29) is 37.2 Å². The Kier molecular flexibility index (Phi) is 14.3. The zero-order chi connectivity index (χ0) is 36.1. The first-order valence-corrected chi connectivity index (χ1v) is 16.0. The average Bonchev–Trinajstić information content (AvgIpc) is 3.03. The molecule has 0 fully saturated rings. The highest BCUT2D eigenvalue weighted by molar-refractivity contribution is 5.93. The van der Waals surface area contributed by atoms with Crippen LogP contribution in [0.25, 0.3) is 0 Å². The average molecular weight is 691 g/mol. The number of ketones is 1. The van der Waals surface area contributed by atoms with Crippen LogP contribution >= 0.6 is 0 Å². The molecule has 1 unspecified atom stereocenters. The molecule has 0 aliphatic carbocycles. The molecule has 1 heterocycles. The molecular formula is C35H42F4N4O6. The zero-order valence-corrected chi connectivity index (χ0v) is 27.6. The third kappa shape index (κ3) is 12.7. The van der Waals surface area contributed by atoms with E-state index in [0.29, 0.717) is 24.9 Å². The van der Waals surface area contributed by atoms with E-state index in [1.54, 1.807) is 19.9 Å². The summed E-state index contributed by atoms with van der Waals surface area (Å²) in [7, 11) is 1.15. The lowest BCUT2D eigenvalue weighted by atomic mass is 9.90. The number of Topliss-reactive ketones (excluding diaryl/α,β-unsaturated/α-hetero) is 1. The highest BCUT2D eigenvalue weighted by Crippen LogP contribution is 2.30. The molecule has 2 aromatic carbocycles. The molecule has 4 atom stereocenters. The van der Waals surface area contributed by atoms with Gasteiger partial charge in [0.25, 0.3) is 0 Å². The fourth-order valence-electron chi connectivity index (χ4n) is 5.41. The molecule has 0 saturated carbocycles. The van der Waals surface area contributed by atoms with E-state index in [0.717, 1.165) is 19.2 Å². The number of halogens is 4. The Hall–Kier alpha value is -4.75. The predicted octanol–water partition coefficient (Wildman–Crippen LogP) is 4.41. The Morgan fingerprint density at radius 1 is 1.00 bits per heavy atom. The summed E-state index contributed by atoms with van der Waals surface area (Å²) in [5, 5.41) is 10.5. The second kappa shape index (κ2) is 18.1. The molecule has 10 nitrogen and oxygen atoms in total. The first-order valence-electron chi connectivity index (χ1n) is 16.0. The van der Waals surface area contributed by atoms with Crippen LogP contribution in [0.4, 0.5) is 22.4 Å². The summed E-state index contributed by atoms with van der Waals surface area (Å²) in [6, 6.07) is 6.00. The number of amides is 4. The maximum atomic E-state index is 13.9. The molecule has 266 valence electrons. The fourth-order valence-corrected chi connectivity index (χ4v) is 5.41. The van der Waals surface area contributed by atoms with Crippen LogP contribution in [0.5, 0.6) is 0 Å². The van der Waals surface area contributed by atoms with Crippen molar-refractivity contribution in [3.8, 4) is 0 Å². The van der Waals surface area contributed by atoms with Gasteiger partial charge in [-0.3, -0.25) is 14.4 Å². The molecule has 0 bridgehead atoms. The molecule has 0 spiro atoms. The number of ether oxygens (including phenoxy) is 1. The topological polar surface area (TPSA) is 143 Å². The lowest BCUT2D eigenvalue weighted by Crippen LogP contribution is -2.53. The number of benzene rings is 2. The number of esters is 1. The van der Waals surface area contributed by atoms with Crippen LogP contribution in [0.1, 0.15) is 56.2 Å². The Morgan fingerprint density at radius 2 is 1.71 bits per heavy atom. The van der Waals surface area contributed by atoms with E-state index in [1.807, 2.05) is 0 Å². The summed E-state index contributed by atoms with van der Waals surface area (Å²) < 4.78 is 59.0. The first-order chi connectivity index (χ1) is 23.2. The number of alkyl halides is 3. The number of carbonyl (C=O) groups excluding carboxylic acids is 5. The number of hydrogen-bond donors (Lipinski definition) is 4. The van der Waals surface area contributed by atoms with Crippen LogP contribution in [0, 0.1) is 17.7 Å². The predicted molar refractivity (Wildman–Crippen MR) is 172 cm³/mol. The van der Waals surface area contributed by atoms with E-state index >= 15 is 0 Å². The van der Waals surface area contributed by atoms with Crippen molar-refractivity contribution in [3.05, 3.63) is 83.2 Å². The summed E-state index contributed by atoms with van der Waals surface area (Å²) in [5.74, 6) is -4.00. The zero-order valence-electron chi connectivity index (χ0n) is 27.6. The first kappa shape index (κ1) is 38.7. The van der Waals surface area contributed by atoms with Crippen molar-refractivity contribution in [2.45, 2.75) is 76.7 Å². The molecule has 3 rings (SSSR count). The molecule has 1 aliphatic heterocycles. The van der Waals surface area contributed by atoms with E-state index in [1.165, 1.54) is 42.5 Å². The van der Waals surface area contributed by atoms with E-state index in [9.17, 15) is 41.5 Å². The van der Waals surface area contributed by atoms with Gasteiger partial charge in [-0.15, -0.1) is 0 Å². The van der Waals surface area contributed by atoms with E-state index < -0.39 is 71.2 Å². The quantitative estimate of drug-likeness (QED) is 0.203. The van der Waals surface area contributed by atoms with Crippen LogP contribution in [-0.2, 0) is 42.9 Å². The molecule has 1 aliphatic rings. The van der Waals surface area contributed by atoms with Crippen molar-refractivity contribution in [2.75, 3.05) is 13.7 Å². The largest absolute Gasteiger partial charge is 0.467 e. The molecular weight excluding hydrogens is 648 g/mol. The molecule has 0 saturated heterocycles. The summed E-state index contributed by atoms with van der Waals surface area (Å²) in [5.41, 5.74) is -0.270. The maximum Gasteiger partial charge on any atom is 0.416 e. The summed E-state index contributed by atoms with van der Waals surface area (Å²) in [6.07, 6.45) is -1.27. The fraction of sp³-hybridized carbons (Fsp3) is 0.457.